The molecule has 40 heavy (non-hydrogen) atoms. The predicted octanol–water partition coefficient (Wildman–Crippen LogP) is 4.63. The van der Waals surface area contributed by atoms with Crippen molar-refractivity contribution in [3.63, 3.8) is 0 Å². The van der Waals surface area contributed by atoms with Gasteiger partial charge in [0.1, 0.15) is 11.4 Å². The molecule has 1 aliphatic carbocycles. The number of carbonyl (C=O) groups is 1. The number of nitrogens with zero attached hydrogens (tertiary/aromatic N) is 2. The van der Waals surface area contributed by atoms with Gasteiger partial charge in [0.25, 0.3) is 0 Å². The number of amides is 1. The molecule has 214 valence electrons. The molecule has 3 aromatic rings. The minimum absolute atomic E-state index is 0.0105. The Balaban J connectivity index is 1.31. The van der Waals surface area contributed by atoms with Crippen LogP contribution in [0.4, 0.5) is 0 Å². The molecule has 5 rings (SSSR count). The summed E-state index contributed by atoms with van der Waals surface area (Å²) in [5.41, 5.74) is 3.98. The number of fused-ring (bicyclic) bond motifs is 1. The number of rotatable bonds is 10. The number of pyridine rings is 1. The number of aromatic nitrogens is 2. The topological polar surface area (TPSA) is 110 Å². The predicted molar refractivity (Wildman–Crippen MR) is 153 cm³/mol. The average molecular weight is 547 g/mol. The highest BCUT2D eigenvalue weighted by Gasteiger charge is 2.46. The van der Waals surface area contributed by atoms with E-state index in [9.17, 15) is 9.90 Å². The third-order valence-corrected chi connectivity index (χ3v) is 7.89. The van der Waals surface area contributed by atoms with Crippen molar-refractivity contribution in [1.29, 1.82) is 0 Å². The summed E-state index contributed by atoms with van der Waals surface area (Å²) in [5, 5.41) is 22.0. The number of aliphatic hydroxyl groups excluding tert-OH is 1. The standard InChI is InChI=1S/C32H42N4O4/c1-21-13-24(40-36-21)16-29(38)35-26(15-22-9-6-5-7-10-22)28(37)20-33-27-18-32(11-8-12-32)39-30-25(27)14-23(19-34-30)17-31(2,3)4/h5-7,9-10,13-14,19,26-28,33,37H,8,11-12,15-18,20H2,1-4H3,(H,35,38)/t26-,27-,28-/m0/s1. The lowest BCUT2D eigenvalue weighted by Gasteiger charge is -2.47. The molecule has 0 bridgehead atoms. The molecule has 2 aromatic heterocycles. The molecule has 0 radical (unpaired) electrons. The lowest BCUT2D eigenvalue weighted by Crippen LogP contribution is -2.52. The molecule has 0 saturated heterocycles. The fraction of sp³-hybridized carbons (Fsp3) is 0.531. The van der Waals surface area contributed by atoms with Gasteiger partial charge in [0.05, 0.1) is 24.3 Å². The molecule has 8 nitrogen and oxygen atoms in total. The summed E-state index contributed by atoms with van der Waals surface area (Å²) in [4.78, 5) is 17.7. The highest BCUT2D eigenvalue weighted by Crippen LogP contribution is 2.48. The second kappa shape index (κ2) is 11.7. The summed E-state index contributed by atoms with van der Waals surface area (Å²) in [5.74, 6) is 0.994. The van der Waals surface area contributed by atoms with E-state index in [1.165, 1.54) is 5.56 Å². The lowest BCUT2D eigenvalue weighted by atomic mass is 9.73. The van der Waals surface area contributed by atoms with Crippen molar-refractivity contribution in [2.75, 3.05) is 6.54 Å². The van der Waals surface area contributed by atoms with Gasteiger partial charge >= 0.3 is 0 Å². The van der Waals surface area contributed by atoms with E-state index < -0.39 is 12.1 Å². The van der Waals surface area contributed by atoms with Crippen LogP contribution in [0.5, 0.6) is 5.88 Å². The minimum atomic E-state index is -0.810. The Labute approximate surface area is 236 Å². The smallest absolute Gasteiger partial charge is 0.228 e. The molecule has 8 heteroatoms. The average Bonchev–Trinajstić information content (AvgIpc) is 3.29. The zero-order valence-corrected chi connectivity index (χ0v) is 24.1. The van der Waals surface area contributed by atoms with Crippen LogP contribution in [-0.4, -0.2) is 45.4 Å². The maximum absolute atomic E-state index is 12.9. The summed E-state index contributed by atoms with van der Waals surface area (Å²) in [6, 6.07) is 13.4. The van der Waals surface area contributed by atoms with Gasteiger partial charge in [-0.05, 0) is 61.6 Å². The zero-order chi connectivity index (χ0) is 28.3. The van der Waals surface area contributed by atoms with Crippen molar-refractivity contribution < 1.29 is 19.2 Å². The molecule has 1 amide bonds. The Morgan fingerprint density at radius 1 is 1.18 bits per heavy atom. The van der Waals surface area contributed by atoms with E-state index in [1.807, 2.05) is 43.5 Å². The van der Waals surface area contributed by atoms with Crippen LogP contribution in [0.3, 0.4) is 0 Å². The van der Waals surface area contributed by atoms with Gasteiger partial charge in [-0.25, -0.2) is 4.98 Å². The number of ether oxygens (including phenoxy) is 1. The first-order chi connectivity index (χ1) is 19.1. The number of benzene rings is 1. The molecule has 3 atom stereocenters. The summed E-state index contributed by atoms with van der Waals surface area (Å²) in [7, 11) is 0. The third-order valence-electron chi connectivity index (χ3n) is 7.89. The van der Waals surface area contributed by atoms with Gasteiger partial charge in [-0.1, -0.05) is 56.3 Å². The Morgan fingerprint density at radius 3 is 2.60 bits per heavy atom. The van der Waals surface area contributed by atoms with Gasteiger partial charge in [-0.2, -0.15) is 0 Å². The van der Waals surface area contributed by atoms with Gasteiger partial charge in [0.2, 0.25) is 11.8 Å². The van der Waals surface area contributed by atoms with Crippen LogP contribution in [0.1, 0.15) is 80.6 Å². The summed E-state index contributed by atoms with van der Waals surface area (Å²) in [6.07, 6.45) is 6.67. The van der Waals surface area contributed by atoms with E-state index in [4.69, 9.17) is 14.2 Å². The van der Waals surface area contributed by atoms with E-state index in [0.717, 1.165) is 48.9 Å². The molecule has 1 aromatic carbocycles. The molecule has 1 fully saturated rings. The molecule has 3 heterocycles. The van der Waals surface area contributed by atoms with Crippen LogP contribution < -0.4 is 15.4 Å². The molecule has 2 aliphatic rings. The van der Waals surface area contributed by atoms with Crippen LogP contribution in [0.2, 0.25) is 0 Å². The molecule has 1 saturated carbocycles. The van der Waals surface area contributed by atoms with Gasteiger partial charge in [-0.3, -0.25) is 4.79 Å². The quantitative estimate of drug-likeness (QED) is 0.340. The maximum Gasteiger partial charge on any atom is 0.228 e. The summed E-state index contributed by atoms with van der Waals surface area (Å²) < 4.78 is 11.7. The van der Waals surface area contributed by atoms with Crippen molar-refractivity contribution >= 4 is 5.91 Å². The first-order valence-corrected chi connectivity index (χ1v) is 14.4. The van der Waals surface area contributed by atoms with E-state index in [0.29, 0.717) is 24.6 Å². The normalized spacial score (nSPS) is 19.3. The molecular formula is C32H42N4O4. The Morgan fingerprint density at radius 2 is 1.95 bits per heavy atom. The number of aryl methyl sites for hydroxylation is 1. The maximum atomic E-state index is 12.9. The molecule has 1 spiro atoms. The van der Waals surface area contributed by atoms with Crippen molar-refractivity contribution in [3.05, 3.63) is 76.8 Å². The monoisotopic (exact) mass is 546 g/mol. The number of hydrogen-bond donors (Lipinski definition) is 3. The van der Waals surface area contributed by atoms with Crippen molar-refractivity contribution in [1.82, 2.24) is 20.8 Å². The van der Waals surface area contributed by atoms with Crippen molar-refractivity contribution in [2.24, 2.45) is 5.41 Å². The second-order valence-electron chi connectivity index (χ2n) is 12.8. The van der Waals surface area contributed by atoms with E-state index in [2.05, 4.69) is 42.6 Å². The fourth-order valence-electron chi connectivity index (χ4n) is 5.82. The Kier molecular flexibility index (Phi) is 8.29. The van der Waals surface area contributed by atoms with Crippen molar-refractivity contribution in [2.45, 2.75) is 96.4 Å². The number of nitrogens with one attached hydrogen (secondary N) is 2. The second-order valence-corrected chi connectivity index (χ2v) is 12.8. The number of aliphatic hydroxyl groups is 1. The lowest BCUT2D eigenvalue weighted by molar-refractivity contribution is -0.122. The number of hydrogen-bond acceptors (Lipinski definition) is 7. The molecule has 0 unspecified atom stereocenters. The van der Waals surface area contributed by atoms with Crippen LogP contribution >= 0.6 is 0 Å². The Bertz CT molecular complexity index is 1300. The fourth-order valence-corrected chi connectivity index (χ4v) is 5.82. The van der Waals surface area contributed by atoms with E-state index >= 15 is 0 Å². The molecular weight excluding hydrogens is 504 g/mol. The summed E-state index contributed by atoms with van der Waals surface area (Å²) >= 11 is 0. The highest BCUT2D eigenvalue weighted by atomic mass is 16.5. The van der Waals surface area contributed by atoms with E-state index in [-0.39, 0.29) is 29.4 Å². The number of carbonyl (C=O) groups excluding carboxylic acids is 1. The van der Waals surface area contributed by atoms with Crippen LogP contribution in [0.15, 0.2) is 53.2 Å². The van der Waals surface area contributed by atoms with Crippen LogP contribution in [0.25, 0.3) is 0 Å². The molecule has 3 N–H and O–H groups in total. The van der Waals surface area contributed by atoms with Crippen LogP contribution in [-0.2, 0) is 24.1 Å². The third kappa shape index (κ3) is 7.09. The van der Waals surface area contributed by atoms with Gasteiger partial charge in [-0.15, -0.1) is 0 Å². The molecule has 1 aliphatic heterocycles. The highest BCUT2D eigenvalue weighted by molar-refractivity contribution is 5.78. The first kappa shape index (κ1) is 28.3. The first-order valence-electron chi connectivity index (χ1n) is 14.4. The van der Waals surface area contributed by atoms with Gasteiger partial charge < -0.3 is 25.0 Å². The van der Waals surface area contributed by atoms with Gasteiger partial charge in [0, 0.05) is 36.8 Å². The van der Waals surface area contributed by atoms with Crippen LogP contribution in [0, 0.1) is 12.3 Å². The Hall–Kier alpha value is -3.23. The van der Waals surface area contributed by atoms with Crippen molar-refractivity contribution in [3.8, 4) is 5.88 Å². The van der Waals surface area contributed by atoms with E-state index in [1.54, 1.807) is 6.07 Å². The largest absolute Gasteiger partial charge is 0.471 e. The SMILES string of the molecule is Cc1cc(CC(=O)N[C@@H](Cc2ccccc2)[C@@H](O)CN[C@H]2CC3(CCC3)Oc3ncc(CC(C)(C)C)cc32)on1. The van der Waals surface area contributed by atoms with Gasteiger partial charge in [0.15, 0.2) is 0 Å². The minimum Gasteiger partial charge on any atom is -0.471 e. The summed E-state index contributed by atoms with van der Waals surface area (Å²) in [6.45, 7) is 8.82. The zero-order valence-electron chi connectivity index (χ0n) is 24.1.